The van der Waals surface area contributed by atoms with E-state index >= 15 is 0 Å². The average molecular weight is 212 g/mol. The van der Waals surface area contributed by atoms with Crippen LogP contribution in [0.1, 0.15) is 13.3 Å². The smallest absolute Gasteiger partial charge is 0.188 e. The Bertz CT molecular complexity index is 134. The average Bonchev–Trinajstić information content (AvgIpc) is 1.85. The number of hydrogen-bond donors (Lipinski definition) is 0. The zero-order valence-electron chi connectivity index (χ0n) is 8.26. The highest BCUT2D eigenvalue weighted by Crippen LogP contribution is 2.05. The second-order valence-corrected chi connectivity index (χ2v) is 4.74. The van der Waals surface area contributed by atoms with Gasteiger partial charge < -0.3 is 16.9 Å². The molecular formula is C8H18ClNOS. The molecule has 0 rings (SSSR count). The molecule has 0 aliphatic heterocycles. The number of quaternary nitrogens is 1. The molecule has 0 fully saturated rings. The zero-order valence-corrected chi connectivity index (χ0v) is 9.84. The molecule has 0 saturated heterocycles. The lowest BCUT2D eigenvalue weighted by molar-refractivity contribution is -0.867. The molecule has 0 heterocycles. The summed E-state index contributed by atoms with van der Waals surface area (Å²) in [4.78, 5) is 10.9. The summed E-state index contributed by atoms with van der Waals surface area (Å²) in [5.74, 6) is 0.941. The van der Waals surface area contributed by atoms with Crippen molar-refractivity contribution in [1.29, 1.82) is 0 Å². The Labute approximate surface area is 85.7 Å². The third-order valence-electron chi connectivity index (χ3n) is 1.31. The number of carbonyl (C=O) groups excluding carboxylic acids is 1. The van der Waals surface area contributed by atoms with Gasteiger partial charge in [-0.3, -0.25) is 4.79 Å². The molecule has 0 aliphatic carbocycles. The Kier molecular flexibility index (Phi) is 8.31. The van der Waals surface area contributed by atoms with Crippen LogP contribution in [0.3, 0.4) is 0 Å². The molecule has 0 aromatic rings. The molecule has 0 spiro atoms. The number of rotatable bonds is 4. The molecule has 0 radical (unpaired) electrons. The fraction of sp³-hybridized carbons (Fsp3) is 0.875. The van der Waals surface area contributed by atoms with Gasteiger partial charge in [-0.2, -0.15) is 0 Å². The molecule has 0 N–H and O–H groups in total. The summed E-state index contributed by atoms with van der Waals surface area (Å²) in [6, 6.07) is 0. The van der Waals surface area contributed by atoms with Gasteiger partial charge in [0.1, 0.15) is 0 Å². The summed E-state index contributed by atoms with van der Waals surface area (Å²) >= 11 is 1.45. The standard InChI is InChI=1S/C8H18NOS.ClH/c1-5-8(10)11-7-6-9(2,3)4;/h5-7H2,1-4H3;1H/q+1;/p-1. The van der Waals surface area contributed by atoms with Crippen molar-refractivity contribution in [3.8, 4) is 0 Å². The summed E-state index contributed by atoms with van der Waals surface area (Å²) < 4.78 is 0.935. The highest BCUT2D eigenvalue weighted by molar-refractivity contribution is 8.13. The number of hydrogen-bond acceptors (Lipinski definition) is 2. The summed E-state index contributed by atoms with van der Waals surface area (Å²) in [6.07, 6.45) is 0.655. The Morgan fingerprint density at radius 3 is 2.17 bits per heavy atom. The topological polar surface area (TPSA) is 17.1 Å². The van der Waals surface area contributed by atoms with Crippen LogP contribution in [0, 0.1) is 0 Å². The van der Waals surface area contributed by atoms with Crippen LogP contribution in [0.4, 0.5) is 0 Å². The van der Waals surface area contributed by atoms with Gasteiger partial charge in [-0.1, -0.05) is 18.7 Å². The first-order chi connectivity index (χ1) is 4.95. The van der Waals surface area contributed by atoms with Crippen LogP contribution in [0.15, 0.2) is 0 Å². The third-order valence-corrected chi connectivity index (χ3v) is 2.31. The zero-order chi connectivity index (χ0) is 8.91. The van der Waals surface area contributed by atoms with Gasteiger partial charge in [-0.05, 0) is 0 Å². The minimum absolute atomic E-state index is 0. The summed E-state index contributed by atoms with van der Waals surface area (Å²) in [5.41, 5.74) is 0. The van der Waals surface area contributed by atoms with Gasteiger partial charge >= 0.3 is 0 Å². The quantitative estimate of drug-likeness (QED) is 0.520. The lowest BCUT2D eigenvalue weighted by atomic mass is 10.6. The second-order valence-electron chi connectivity index (χ2n) is 3.59. The van der Waals surface area contributed by atoms with Crippen molar-refractivity contribution in [2.75, 3.05) is 33.4 Å². The minimum atomic E-state index is 0. The van der Waals surface area contributed by atoms with E-state index in [1.807, 2.05) is 6.92 Å². The Balaban J connectivity index is 0. The molecule has 0 atom stereocenters. The monoisotopic (exact) mass is 211 g/mol. The van der Waals surface area contributed by atoms with Crippen molar-refractivity contribution in [2.24, 2.45) is 0 Å². The Hall–Kier alpha value is 0.270. The first kappa shape index (κ1) is 14.8. The van der Waals surface area contributed by atoms with E-state index in [9.17, 15) is 4.79 Å². The van der Waals surface area contributed by atoms with E-state index in [1.165, 1.54) is 11.8 Å². The van der Waals surface area contributed by atoms with Crippen LogP contribution in [0.5, 0.6) is 0 Å². The molecular weight excluding hydrogens is 194 g/mol. The maximum Gasteiger partial charge on any atom is 0.188 e. The van der Waals surface area contributed by atoms with E-state index in [0.29, 0.717) is 11.5 Å². The van der Waals surface area contributed by atoms with Gasteiger partial charge in [-0.15, -0.1) is 0 Å². The van der Waals surface area contributed by atoms with E-state index < -0.39 is 0 Å². The van der Waals surface area contributed by atoms with E-state index in [2.05, 4.69) is 21.1 Å². The van der Waals surface area contributed by atoms with E-state index in [4.69, 9.17) is 0 Å². The molecule has 0 saturated carbocycles. The molecule has 12 heavy (non-hydrogen) atoms. The number of thioether (sulfide) groups is 1. The first-order valence-corrected chi connectivity index (χ1v) is 4.90. The molecule has 0 aliphatic rings. The van der Waals surface area contributed by atoms with Crippen molar-refractivity contribution in [2.45, 2.75) is 13.3 Å². The van der Waals surface area contributed by atoms with Crippen LogP contribution >= 0.6 is 11.8 Å². The lowest BCUT2D eigenvalue weighted by Gasteiger charge is -2.23. The van der Waals surface area contributed by atoms with Crippen LogP contribution in [-0.2, 0) is 4.79 Å². The van der Waals surface area contributed by atoms with Crippen molar-refractivity contribution in [3.63, 3.8) is 0 Å². The summed E-state index contributed by atoms with van der Waals surface area (Å²) in [6.45, 7) is 2.96. The van der Waals surface area contributed by atoms with Gasteiger partial charge in [0.15, 0.2) is 5.12 Å². The SMILES string of the molecule is CCC(=O)SCC[N+](C)(C)C.[Cl-]. The maximum absolute atomic E-state index is 10.9. The second kappa shape index (κ2) is 6.75. The molecule has 0 aromatic heterocycles. The maximum atomic E-state index is 10.9. The van der Waals surface area contributed by atoms with Crippen LogP contribution in [0.2, 0.25) is 0 Å². The molecule has 2 nitrogen and oxygen atoms in total. The van der Waals surface area contributed by atoms with Gasteiger partial charge in [-0.25, -0.2) is 0 Å². The highest BCUT2D eigenvalue weighted by Gasteiger charge is 2.07. The largest absolute Gasteiger partial charge is 1.00 e. The molecule has 74 valence electrons. The Morgan fingerprint density at radius 1 is 1.33 bits per heavy atom. The van der Waals surface area contributed by atoms with Crippen LogP contribution < -0.4 is 12.4 Å². The molecule has 4 heteroatoms. The van der Waals surface area contributed by atoms with Gasteiger partial charge in [0.05, 0.1) is 33.4 Å². The van der Waals surface area contributed by atoms with Crippen LogP contribution in [0.25, 0.3) is 0 Å². The van der Waals surface area contributed by atoms with Crippen molar-refractivity contribution >= 4 is 16.9 Å². The van der Waals surface area contributed by atoms with E-state index in [0.717, 1.165) is 16.8 Å². The summed E-state index contributed by atoms with van der Waals surface area (Å²) in [7, 11) is 6.41. The molecule has 0 aromatic carbocycles. The van der Waals surface area contributed by atoms with Gasteiger partial charge in [0.25, 0.3) is 0 Å². The van der Waals surface area contributed by atoms with Crippen molar-refractivity contribution in [3.05, 3.63) is 0 Å². The van der Waals surface area contributed by atoms with Gasteiger partial charge in [0.2, 0.25) is 0 Å². The molecule has 0 bridgehead atoms. The van der Waals surface area contributed by atoms with Crippen molar-refractivity contribution < 1.29 is 21.7 Å². The summed E-state index contributed by atoms with van der Waals surface area (Å²) in [5, 5.41) is 0.304. The van der Waals surface area contributed by atoms with E-state index in [-0.39, 0.29) is 12.4 Å². The number of halogens is 1. The predicted molar refractivity (Wildman–Crippen MR) is 50.7 cm³/mol. The Morgan fingerprint density at radius 2 is 1.83 bits per heavy atom. The normalized spacial score (nSPS) is 10.7. The number of nitrogens with zero attached hydrogens (tertiary/aromatic N) is 1. The van der Waals surface area contributed by atoms with Crippen LogP contribution in [-0.4, -0.2) is 43.0 Å². The fourth-order valence-corrected chi connectivity index (χ4v) is 1.61. The van der Waals surface area contributed by atoms with Gasteiger partial charge in [0, 0.05) is 6.42 Å². The fourth-order valence-electron chi connectivity index (χ4n) is 0.535. The predicted octanol–water partition coefficient (Wildman–Crippen LogP) is -1.63. The van der Waals surface area contributed by atoms with Crippen molar-refractivity contribution in [1.82, 2.24) is 0 Å². The minimum Gasteiger partial charge on any atom is -1.00 e. The molecule has 0 amide bonds. The highest BCUT2D eigenvalue weighted by atomic mass is 35.5. The number of carbonyl (C=O) groups is 1. The van der Waals surface area contributed by atoms with E-state index in [1.54, 1.807) is 0 Å². The third kappa shape index (κ3) is 10.3. The first-order valence-electron chi connectivity index (χ1n) is 3.92. The molecule has 0 unspecified atom stereocenters. The lowest BCUT2D eigenvalue weighted by Crippen LogP contribution is -3.00.